The highest BCUT2D eigenvalue weighted by molar-refractivity contribution is 7.15. The van der Waals surface area contributed by atoms with Crippen LogP contribution in [0.4, 0.5) is 0 Å². The molecule has 6 heteroatoms. The maximum Gasteiger partial charge on any atom is 0.221 e. The molecule has 2 rings (SSSR count). The van der Waals surface area contributed by atoms with E-state index < -0.39 is 0 Å². The zero-order valence-corrected chi connectivity index (χ0v) is 14.3. The molecule has 1 heterocycles. The topological polar surface area (TPSA) is 64.3 Å². The van der Waals surface area contributed by atoms with Gasteiger partial charge in [-0.15, -0.1) is 23.7 Å². The van der Waals surface area contributed by atoms with E-state index in [1.807, 2.05) is 37.3 Å². The van der Waals surface area contributed by atoms with Gasteiger partial charge in [0.05, 0.1) is 13.7 Å². The van der Waals surface area contributed by atoms with Gasteiger partial charge in [0.25, 0.3) is 0 Å². The van der Waals surface area contributed by atoms with Gasteiger partial charge in [0, 0.05) is 22.2 Å². The van der Waals surface area contributed by atoms with Gasteiger partial charge in [0.2, 0.25) is 5.91 Å². The fourth-order valence-corrected chi connectivity index (χ4v) is 2.89. The Bertz CT molecular complexity index is 596. The second kappa shape index (κ2) is 8.78. The van der Waals surface area contributed by atoms with E-state index >= 15 is 0 Å². The average Bonchev–Trinajstić information content (AvgIpc) is 2.93. The Labute approximate surface area is 141 Å². The van der Waals surface area contributed by atoms with Gasteiger partial charge in [-0.05, 0) is 48.9 Å². The summed E-state index contributed by atoms with van der Waals surface area (Å²) in [6.07, 6.45) is 0.358. The van der Waals surface area contributed by atoms with Gasteiger partial charge in [-0.2, -0.15) is 0 Å². The SMILES string of the molecule is COc1ccc(-c2ccc(CNC(=O)CC(C)N)s2)cc1.Cl. The Balaban J connectivity index is 0.00000242. The van der Waals surface area contributed by atoms with Crippen LogP contribution in [0.1, 0.15) is 18.2 Å². The molecule has 0 spiro atoms. The molecule has 1 atom stereocenters. The lowest BCUT2D eigenvalue weighted by Gasteiger charge is -2.05. The van der Waals surface area contributed by atoms with Crippen LogP contribution in [-0.4, -0.2) is 19.1 Å². The van der Waals surface area contributed by atoms with E-state index in [4.69, 9.17) is 10.5 Å². The molecule has 0 aliphatic rings. The molecule has 4 nitrogen and oxygen atoms in total. The highest BCUT2D eigenvalue weighted by atomic mass is 35.5. The molecule has 0 aliphatic carbocycles. The minimum Gasteiger partial charge on any atom is -0.497 e. The number of ether oxygens (including phenoxy) is 1. The molecule has 2 aromatic rings. The summed E-state index contributed by atoms with van der Waals surface area (Å²) >= 11 is 1.67. The van der Waals surface area contributed by atoms with Crippen molar-refractivity contribution in [2.45, 2.75) is 25.9 Å². The molecule has 0 fully saturated rings. The standard InChI is InChI=1S/C16H20N2O2S.ClH/c1-11(17)9-16(19)18-10-14-7-8-15(21-14)12-3-5-13(20-2)6-4-12;/h3-8,11H,9-10,17H2,1-2H3,(H,18,19);1H. The van der Waals surface area contributed by atoms with Gasteiger partial charge in [-0.25, -0.2) is 0 Å². The highest BCUT2D eigenvalue weighted by Gasteiger charge is 2.07. The van der Waals surface area contributed by atoms with Gasteiger partial charge >= 0.3 is 0 Å². The van der Waals surface area contributed by atoms with E-state index in [1.54, 1.807) is 18.4 Å². The second-order valence-corrected chi connectivity index (χ2v) is 6.12. The number of hydrogen-bond acceptors (Lipinski definition) is 4. The first-order valence-corrected chi connectivity index (χ1v) is 7.65. The predicted molar refractivity (Wildman–Crippen MR) is 93.7 cm³/mol. The quantitative estimate of drug-likeness (QED) is 0.848. The molecule has 22 heavy (non-hydrogen) atoms. The Hall–Kier alpha value is -1.56. The van der Waals surface area contributed by atoms with Gasteiger partial charge in [-0.3, -0.25) is 4.79 Å². The summed E-state index contributed by atoms with van der Waals surface area (Å²) in [5, 5.41) is 2.88. The molecule has 3 N–H and O–H groups in total. The third-order valence-electron chi connectivity index (χ3n) is 3.00. The molecular formula is C16H21ClN2O2S. The van der Waals surface area contributed by atoms with Crippen LogP contribution in [0.25, 0.3) is 10.4 Å². The first-order chi connectivity index (χ1) is 10.1. The number of methoxy groups -OCH3 is 1. The monoisotopic (exact) mass is 340 g/mol. The molecular weight excluding hydrogens is 320 g/mol. The third kappa shape index (κ3) is 5.33. The largest absolute Gasteiger partial charge is 0.497 e. The minimum atomic E-state index is -0.108. The molecule has 0 saturated heterocycles. The summed E-state index contributed by atoms with van der Waals surface area (Å²) in [6, 6.07) is 11.9. The number of nitrogens with two attached hydrogens (primary N) is 1. The van der Waals surface area contributed by atoms with E-state index in [9.17, 15) is 4.79 Å². The van der Waals surface area contributed by atoms with Crippen LogP contribution in [0.3, 0.4) is 0 Å². The number of nitrogens with one attached hydrogen (secondary N) is 1. The van der Waals surface area contributed by atoms with Crippen molar-refractivity contribution in [2.75, 3.05) is 7.11 Å². The van der Waals surface area contributed by atoms with Crippen LogP contribution in [0.2, 0.25) is 0 Å². The Morgan fingerprint density at radius 2 is 1.95 bits per heavy atom. The summed E-state index contributed by atoms with van der Waals surface area (Å²) < 4.78 is 5.15. The van der Waals surface area contributed by atoms with Gasteiger partial charge in [-0.1, -0.05) is 0 Å². The van der Waals surface area contributed by atoms with Crippen molar-refractivity contribution in [3.05, 3.63) is 41.3 Å². The van der Waals surface area contributed by atoms with Crippen molar-refractivity contribution in [2.24, 2.45) is 5.73 Å². The van der Waals surface area contributed by atoms with Crippen molar-refractivity contribution >= 4 is 29.7 Å². The molecule has 120 valence electrons. The van der Waals surface area contributed by atoms with Crippen LogP contribution in [0.15, 0.2) is 36.4 Å². The number of halogens is 1. The Morgan fingerprint density at radius 3 is 2.55 bits per heavy atom. The molecule has 0 aliphatic heterocycles. The first-order valence-electron chi connectivity index (χ1n) is 6.84. The second-order valence-electron chi connectivity index (χ2n) is 4.95. The molecule has 0 bridgehead atoms. The fraction of sp³-hybridized carbons (Fsp3) is 0.312. The lowest BCUT2D eigenvalue weighted by atomic mass is 10.2. The number of amides is 1. The third-order valence-corrected chi connectivity index (χ3v) is 4.14. The molecule has 1 aromatic heterocycles. The number of rotatable bonds is 6. The number of carbonyl (C=O) groups is 1. The van der Waals surface area contributed by atoms with Crippen LogP contribution >= 0.6 is 23.7 Å². The van der Waals surface area contributed by atoms with Crippen LogP contribution in [-0.2, 0) is 11.3 Å². The van der Waals surface area contributed by atoms with Crippen molar-refractivity contribution in [3.63, 3.8) is 0 Å². The smallest absolute Gasteiger partial charge is 0.221 e. The minimum absolute atomic E-state index is 0. The summed E-state index contributed by atoms with van der Waals surface area (Å²) in [6.45, 7) is 2.37. The van der Waals surface area contributed by atoms with Crippen molar-refractivity contribution in [3.8, 4) is 16.2 Å². The highest BCUT2D eigenvalue weighted by Crippen LogP contribution is 2.29. The predicted octanol–water partition coefficient (Wildman–Crippen LogP) is 3.20. The summed E-state index contributed by atoms with van der Waals surface area (Å²) in [5.74, 6) is 0.836. The van der Waals surface area contributed by atoms with Crippen molar-refractivity contribution in [1.82, 2.24) is 5.32 Å². The van der Waals surface area contributed by atoms with Gasteiger partial charge in [0.1, 0.15) is 5.75 Å². The van der Waals surface area contributed by atoms with Gasteiger partial charge < -0.3 is 15.8 Å². The normalized spacial score (nSPS) is 11.4. The summed E-state index contributed by atoms with van der Waals surface area (Å²) in [5.41, 5.74) is 6.74. The lowest BCUT2D eigenvalue weighted by molar-refractivity contribution is -0.121. The van der Waals surface area contributed by atoms with Crippen molar-refractivity contribution < 1.29 is 9.53 Å². The molecule has 0 radical (unpaired) electrons. The molecule has 1 unspecified atom stereocenters. The van der Waals surface area contributed by atoms with Crippen molar-refractivity contribution in [1.29, 1.82) is 0 Å². The number of carbonyl (C=O) groups excluding carboxylic acids is 1. The zero-order chi connectivity index (χ0) is 15.2. The zero-order valence-electron chi connectivity index (χ0n) is 12.7. The van der Waals surface area contributed by atoms with E-state index in [0.29, 0.717) is 13.0 Å². The van der Waals surface area contributed by atoms with Crippen LogP contribution < -0.4 is 15.8 Å². The molecule has 1 amide bonds. The number of benzene rings is 1. The van der Waals surface area contributed by atoms with E-state index in [1.165, 1.54) is 4.88 Å². The van der Waals surface area contributed by atoms with E-state index in [2.05, 4.69) is 11.4 Å². The van der Waals surface area contributed by atoms with Gasteiger partial charge in [0.15, 0.2) is 0 Å². The van der Waals surface area contributed by atoms with E-state index in [-0.39, 0.29) is 24.4 Å². The first kappa shape index (κ1) is 18.5. The summed E-state index contributed by atoms with van der Waals surface area (Å²) in [7, 11) is 1.66. The van der Waals surface area contributed by atoms with Crippen LogP contribution in [0.5, 0.6) is 5.75 Å². The maximum absolute atomic E-state index is 11.6. The molecule has 1 aromatic carbocycles. The number of thiophene rings is 1. The Kier molecular flexibility index (Phi) is 7.38. The Morgan fingerprint density at radius 1 is 1.27 bits per heavy atom. The average molecular weight is 341 g/mol. The maximum atomic E-state index is 11.6. The fourth-order valence-electron chi connectivity index (χ4n) is 1.93. The number of hydrogen-bond donors (Lipinski definition) is 2. The van der Waals surface area contributed by atoms with E-state index in [0.717, 1.165) is 16.2 Å². The summed E-state index contributed by atoms with van der Waals surface area (Å²) in [4.78, 5) is 13.9. The lowest BCUT2D eigenvalue weighted by Crippen LogP contribution is -2.29. The van der Waals surface area contributed by atoms with Crippen LogP contribution in [0, 0.1) is 0 Å². The molecule has 0 saturated carbocycles.